The summed E-state index contributed by atoms with van der Waals surface area (Å²) in [7, 11) is 0. The molecule has 0 aliphatic carbocycles. The molecule has 0 spiro atoms. The van der Waals surface area contributed by atoms with Crippen LogP contribution in [0.25, 0.3) is 17.0 Å². The number of amides is 1. The molecule has 2 heterocycles. The van der Waals surface area contributed by atoms with Crippen LogP contribution in [0.3, 0.4) is 0 Å². The van der Waals surface area contributed by atoms with E-state index in [1.165, 1.54) is 0 Å². The van der Waals surface area contributed by atoms with Crippen LogP contribution < -0.4 is 5.56 Å². The molecular formula is C25H27ClN4O2. The third-order valence-corrected chi connectivity index (χ3v) is 6.26. The van der Waals surface area contributed by atoms with E-state index in [2.05, 4.69) is 11.8 Å². The summed E-state index contributed by atoms with van der Waals surface area (Å²) in [6, 6.07) is 15.0. The summed E-state index contributed by atoms with van der Waals surface area (Å²) < 4.78 is 1.73. The van der Waals surface area contributed by atoms with Crippen LogP contribution in [-0.4, -0.2) is 51.4 Å². The first-order valence-electron chi connectivity index (χ1n) is 10.9. The Morgan fingerprint density at radius 1 is 1.12 bits per heavy atom. The molecule has 0 bridgehead atoms. The molecule has 6 nitrogen and oxygen atoms in total. The van der Waals surface area contributed by atoms with E-state index < -0.39 is 0 Å². The maximum atomic E-state index is 13.0. The van der Waals surface area contributed by atoms with E-state index in [0.29, 0.717) is 35.6 Å². The number of hydrogen-bond acceptors (Lipinski definition) is 4. The van der Waals surface area contributed by atoms with Gasteiger partial charge in [-0.1, -0.05) is 41.9 Å². The zero-order valence-corrected chi connectivity index (χ0v) is 19.1. The van der Waals surface area contributed by atoms with E-state index >= 15 is 0 Å². The first-order chi connectivity index (χ1) is 15.5. The highest BCUT2D eigenvalue weighted by atomic mass is 35.5. The van der Waals surface area contributed by atoms with Crippen molar-refractivity contribution in [3.05, 3.63) is 81.4 Å². The van der Waals surface area contributed by atoms with E-state index in [4.69, 9.17) is 16.6 Å². The lowest BCUT2D eigenvalue weighted by Gasteiger charge is -2.37. The molecule has 0 saturated carbocycles. The summed E-state index contributed by atoms with van der Waals surface area (Å²) in [5.74, 6) is 0.767. The lowest BCUT2D eigenvalue weighted by atomic mass is 10.1. The second kappa shape index (κ2) is 9.67. The number of halogens is 1. The number of hydrogen-bond donors (Lipinski definition) is 0. The van der Waals surface area contributed by atoms with Crippen LogP contribution in [-0.2, 0) is 11.3 Å². The highest BCUT2D eigenvalue weighted by Gasteiger charge is 2.27. The molecule has 1 aliphatic heterocycles. The van der Waals surface area contributed by atoms with Gasteiger partial charge in [0.15, 0.2) is 0 Å². The molecule has 1 saturated heterocycles. The molecule has 2 aromatic carbocycles. The number of nitrogens with zero attached hydrogens (tertiary/aromatic N) is 4. The summed E-state index contributed by atoms with van der Waals surface area (Å²) in [4.78, 5) is 34.6. The highest BCUT2D eigenvalue weighted by molar-refractivity contribution is 6.31. The topological polar surface area (TPSA) is 58.4 Å². The molecule has 4 rings (SSSR count). The van der Waals surface area contributed by atoms with Crippen molar-refractivity contribution in [2.45, 2.75) is 26.4 Å². The Morgan fingerprint density at radius 2 is 1.84 bits per heavy atom. The minimum absolute atomic E-state index is 0.0207. The maximum Gasteiger partial charge on any atom is 0.261 e. The van der Waals surface area contributed by atoms with E-state index in [1.807, 2.05) is 48.2 Å². The van der Waals surface area contributed by atoms with Gasteiger partial charge < -0.3 is 4.90 Å². The largest absolute Gasteiger partial charge is 0.337 e. The zero-order chi connectivity index (χ0) is 22.7. The van der Waals surface area contributed by atoms with Gasteiger partial charge in [0.1, 0.15) is 5.82 Å². The van der Waals surface area contributed by atoms with Crippen molar-refractivity contribution in [3.8, 4) is 0 Å². The van der Waals surface area contributed by atoms with E-state index in [9.17, 15) is 9.59 Å². The number of fused-ring (bicyclic) bond motifs is 1. The second-order valence-electron chi connectivity index (χ2n) is 7.96. The Balaban J connectivity index is 1.47. The van der Waals surface area contributed by atoms with Crippen molar-refractivity contribution in [2.24, 2.45) is 0 Å². The lowest BCUT2D eigenvalue weighted by molar-refractivity contribution is -0.128. The Kier molecular flexibility index (Phi) is 6.72. The molecule has 1 unspecified atom stereocenters. The fraction of sp³-hybridized carbons (Fsp3) is 0.320. The number of aromatic nitrogens is 2. The van der Waals surface area contributed by atoms with Crippen LogP contribution in [0.2, 0.25) is 5.02 Å². The van der Waals surface area contributed by atoms with Crippen molar-refractivity contribution in [1.29, 1.82) is 0 Å². The molecule has 32 heavy (non-hydrogen) atoms. The van der Waals surface area contributed by atoms with E-state index in [-0.39, 0.29) is 17.5 Å². The molecule has 0 N–H and O–H groups in total. The van der Waals surface area contributed by atoms with Crippen LogP contribution in [0, 0.1) is 0 Å². The summed E-state index contributed by atoms with van der Waals surface area (Å²) in [5, 5.41) is 1.07. The van der Waals surface area contributed by atoms with Gasteiger partial charge in [-0.25, -0.2) is 4.98 Å². The molecular weight excluding hydrogens is 424 g/mol. The summed E-state index contributed by atoms with van der Waals surface area (Å²) in [6.45, 7) is 7.29. The van der Waals surface area contributed by atoms with Gasteiger partial charge in [0.2, 0.25) is 5.91 Å². The van der Waals surface area contributed by atoms with Gasteiger partial charge in [-0.3, -0.25) is 19.1 Å². The monoisotopic (exact) mass is 450 g/mol. The van der Waals surface area contributed by atoms with Gasteiger partial charge in [-0.05, 0) is 43.7 Å². The number of piperazine rings is 1. The molecule has 7 heteroatoms. The highest BCUT2D eigenvalue weighted by Crippen LogP contribution is 2.23. The first kappa shape index (κ1) is 22.2. The Hall–Kier alpha value is -2.96. The molecule has 3 aromatic rings. The average Bonchev–Trinajstić information content (AvgIpc) is 2.83. The molecule has 1 aliphatic rings. The van der Waals surface area contributed by atoms with Gasteiger partial charge in [-0.2, -0.15) is 0 Å². The average molecular weight is 451 g/mol. The van der Waals surface area contributed by atoms with Crippen molar-refractivity contribution in [1.82, 2.24) is 19.4 Å². The van der Waals surface area contributed by atoms with Crippen LogP contribution in [0.1, 0.15) is 31.3 Å². The van der Waals surface area contributed by atoms with Gasteiger partial charge >= 0.3 is 0 Å². The number of carbonyl (C=O) groups excluding carboxylic acids is 1. The Bertz CT molecular complexity index is 1200. The molecule has 166 valence electrons. The number of benzene rings is 2. The normalized spacial score (nSPS) is 16.0. The molecule has 1 atom stereocenters. The maximum absolute atomic E-state index is 13.0. The molecule has 1 amide bonds. The molecule has 0 radical (unpaired) electrons. The van der Waals surface area contributed by atoms with Crippen molar-refractivity contribution in [2.75, 3.05) is 26.2 Å². The molecule has 1 fully saturated rings. The minimum Gasteiger partial charge on any atom is -0.337 e. The van der Waals surface area contributed by atoms with Crippen LogP contribution >= 0.6 is 11.6 Å². The SMILES string of the molecule is CCn1c(C(C)N2CCN(C(=O)/C=C/c3ccccc3)CC2)nc2ccc(Cl)cc2c1=O. The van der Waals surface area contributed by atoms with Crippen molar-refractivity contribution in [3.63, 3.8) is 0 Å². The van der Waals surface area contributed by atoms with E-state index in [0.717, 1.165) is 24.5 Å². The van der Waals surface area contributed by atoms with Gasteiger partial charge in [-0.15, -0.1) is 0 Å². The van der Waals surface area contributed by atoms with Crippen LogP contribution in [0.5, 0.6) is 0 Å². The first-order valence-corrected chi connectivity index (χ1v) is 11.3. The van der Waals surface area contributed by atoms with Gasteiger partial charge in [0.25, 0.3) is 5.56 Å². The zero-order valence-electron chi connectivity index (χ0n) is 18.4. The van der Waals surface area contributed by atoms with Crippen molar-refractivity contribution < 1.29 is 4.79 Å². The van der Waals surface area contributed by atoms with Crippen molar-refractivity contribution >= 4 is 34.5 Å². The Morgan fingerprint density at radius 3 is 2.53 bits per heavy atom. The summed E-state index contributed by atoms with van der Waals surface area (Å²) in [6.07, 6.45) is 3.49. The summed E-state index contributed by atoms with van der Waals surface area (Å²) >= 11 is 6.09. The number of rotatable bonds is 5. The van der Waals surface area contributed by atoms with Crippen LogP contribution in [0.4, 0.5) is 0 Å². The quantitative estimate of drug-likeness (QED) is 0.551. The van der Waals surface area contributed by atoms with E-state index in [1.54, 1.807) is 28.8 Å². The predicted octanol–water partition coefficient (Wildman–Crippen LogP) is 3.99. The van der Waals surface area contributed by atoms with Gasteiger partial charge in [0, 0.05) is 43.8 Å². The number of carbonyl (C=O) groups is 1. The third kappa shape index (κ3) is 4.61. The standard InChI is InChI=1S/C25H27ClN4O2/c1-3-30-24(27-22-11-10-20(26)17-21(22)25(30)32)18(2)28-13-15-29(16-14-28)23(31)12-9-19-7-5-4-6-8-19/h4-12,17-18H,3,13-16H2,1-2H3/b12-9+. The third-order valence-electron chi connectivity index (χ3n) is 6.03. The fourth-order valence-corrected chi connectivity index (χ4v) is 4.34. The lowest BCUT2D eigenvalue weighted by Crippen LogP contribution is -2.49. The minimum atomic E-state index is -0.0679. The fourth-order valence-electron chi connectivity index (χ4n) is 4.16. The predicted molar refractivity (Wildman–Crippen MR) is 129 cm³/mol. The molecule has 1 aromatic heterocycles. The Labute approximate surface area is 192 Å². The van der Waals surface area contributed by atoms with Gasteiger partial charge in [0.05, 0.1) is 16.9 Å². The smallest absolute Gasteiger partial charge is 0.261 e. The second-order valence-corrected chi connectivity index (χ2v) is 8.40. The summed E-state index contributed by atoms with van der Waals surface area (Å²) in [5.41, 5.74) is 1.60. The van der Waals surface area contributed by atoms with Crippen LogP contribution in [0.15, 0.2) is 59.4 Å².